The molecular weight excluding hydrogens is 2070 g/mol. The number of para-hydroxylation sites is 6. The van der Waals surface area contributed by atoms with Crippen LogP contribution in [0.1, 0.15) is 200 Å². The molecule has 24 N–H and O–H groups in total. The van der Waals surface area contributed by atoms with Gasteiger partial charge >= 0.3 is 35.8 Å². The van der Waals surface area contributed by atoms with Gasteiger partial charge in [0.2, 0.25) is 60.1 Å². The molecule has 12 aromatic carbocycles. The molecule has 48 heteroatoms. The molecule has 0 spiro atoms. The lowest BCUT2D eigenvalue weighted by Gasteiger charge is -2.17. The molecule has 150 heavy (non-hydrogen) atoms. The van der Waals surface area contributed by atoms with Crippen molar-refractivity contribution < 1.29 is 183 Å². The number of anilines is 6. The van der Waals surface area contributed by atoms with E-state index in [1.165, 1.54) is 106 Å². The van der Waals surface area contributed by atoms with Gasteiger partial charge in [-0.3, -0.25) is 0 Å². The molecule has 12 aromatic rings. The summed E-state index contributed by atoms with van der Waals surface area (Å²) in [4.78, 5) is 66.7. The monoisotopic (exact) mass is 2220 g/mol. The van der Waals surface area contributed by atoms with Crippen molar-refractivity contribution in [2.75, 3.05) is 71.0 Å². The summed E-state index contributed by atoms with van der Waals surface area (Å²) < 4.78 is 475. The highest BCUT2D eigenvalue weighted by atomic mass is 32.2. The van der Waals surface area contributed by atoms with Gasteiger partial charge in [-0.25, -0.2) is 110 Å². The Morgan fingerprint density at radius 3 is 0.707 bits per heavy atom. The van der Waals surface area contributed by atoms with Crippen molar-refractivity contribution in [2.45, 2.75) is 148 Å². The van der Waals surface area contributed by atoms with E-state index in [1.54, 1.807) is 118 Å². The lowest BCUT2D eigenvalue weighted by Crippen LogP contribution is -2.16. The van der Waals surface area contributed by atoms with Crippen LogP contribution in [0.15, 0.2) is 284 Å². The summed E-state index contributed by atoms with van der Waals surface area (Å²) in [7, 11) is -29.2. The minimum atomic E-state index is -4.99. The van der Waals surface area contributed by atoms with Crippen LogP contribution < -0.4 is 91.0 Å². The van der Waals surface area contributed by atoms with E-state index in [-0.39, 0.29) is 102 Å². The third kappa shape index (κ3) is 39.0. The number of ether oxygens (including phenoxy) is 6. The number of nitrogens with one attached hydrogen (secondary N) is 6. The topological polar surface area (TPSA) is 712 Å². The Morgan fingerprint density at radius 2 is 0.487 bits per heavy atom. The molecule has 0 aliphatic heterocycles. The minimum Gasteiger partial charge on any atom is -0.478 e. The van der Waals surface area contributed by atoms with E-state index in [1.807, 2.05) is 0 Å². The Kier molecular flexibility index (Phi) is 29.3. The Balaban J connectivity index is 0.000000300. The van der Waals surface area contributed by atoms with E-state index >= 15 is 0 Å². The van der Waals surface area contributed by atoms with Crippen molar-refractivity contribution in [3.8, 4) is 69.0 Å². The molecule has 2 atom stereocenters. The van der Waals surface area contributed by atoms with E-state index in [4.69, 9.17) is 81.6 Å². The van der Waals surface area contributed by atoms with Gasteiger partial charge in [0.05, 0.1) is 67.5 Å². The van der Waals surface area contributed by atoms with Gasteiger partial charge < -0.3 is 90.9 Å². The number of carboxylic acid groups (broad SMARTS) is 6. The molecule has 0 aliphatic carbocycles. The highest BCUT2D eigenvalue weighted by Gasteiger charge is 2.31. The summed E-state index contributed by atoms with van der Waals surface area (Å²) in [5, 5.41) is 22.4. The molecule has 12 rings (SSSR count). The molecule has 0 aliphatic rings. The molecule has 42 nitrogen and oxygen atoms in total. The van der Waals surface area contributed by atoms with Gasteiger partial charge in [-0.2, -0.15) is 0 Å². The van der Waals surface area contributed by atoms with Crippen molar-refractivity contribution in [1.29, 1.82) is 8.59 Å². The van der Waals surface area contributed by atoms with Gasteiger partial charge in [0.25, 0.3) is 8.59 Å². The van der Waals surface area contributed by atoms with Crippen LogP contribution in [-0.4, -0.2) is 156 Å². The maximum absolute atomic E-state index is 12.7. The van der Waals surface area contributed by atoms with Gasteiger partial charge in [0.1, 0.15) is 80.8 Å². The van der Waals surface area contributed by atoms with Gasteiger partial charge in [0, 0.05) is 58.3 Å². The van der Waals surface area contributed by atoms with Gasteiger partial charge in [-0.15, -0.1) is 0 Å². The van der Waals surface area contributed by atoms with E-state index in [2.05, 4.69) is 30.7 Å². The summed E-state index contributed by atoms with van der Waals surface area (Å²) in [6.45, 7) is 0.0684. The number of carbonyl (C=O) groups is 6. The fourth-order valence-electron chi connectivity index (χ4n) is 11.7. The quantitative estimate of drug-likeness (QED) is 0.0168. The Hall–Kier alpha value is -15.5. The van der Waals surface area contributed by atoms with E-state index in [9.17, 15) is 79.3 Å². The van der Waals surface area contributed by atoms with Crippen molar-refractivity contribution in [2.24, 2.45) is 30.8 Å². The van der Waals surface area contributed by atoms with Crippen LogP contribution >= 0.6 is 0 Å². The summed E-state index contributed by atoms with van der Waals surface area (Å²) in [6, 6.07) is 57.0. The maximum atomic E-state index is 12.7. The first-order chi connectivity index (χ1) is 87.4. The Labute approximate surface area is 924 Å². The number of rotatable bonds is 54. The van der Waals surface area contributed by atoms with Crippen LogP contribution in [0, 0.1) is 0 Å². The number of carboxylic acids is 6. The zero-order chi connectivity index (χ0) is 142. The number of aromatic carboxylic acids is 6. The second kappa shape index (κ2) is 58.3. The van der Waals surface area contributed by atoms with Gasteiger partial charge in [-0.1, -0.05) is 189 Å². The lowest BCUT2D eigenvalue weighted by molar-refractivity contribution is 0.0685. The number of benzene rings is 12. The number of sulfonamides is 6. The average Bonchev–Trinajstić information content (AvgIpc) is 0.743. The van der Waals surface area contributed by atoms with Crippen LogP contribution in [0.25, 0.3) is 8.59 Å². The number of nitrogens with two attached hydrogens (primary N) is 6. The summed E-state index contributed by atoms with van der Waals surface area (Å²) in [5.41, 5.74) is -5.54. The number of hydrogen-bond donors (Lipinski definition) is 18. The fourth-order valence-corrected chi connectivity index (χ4v) is 15.6. The van der Waals surface area contributed by atoms with Crippen LogP contribution in [0.3, 0.4) is 0 Å². The van der Waals surface area contributed by atoms with Crippen LogP contribution in [0.4, 0.5) is 34.1 Å². The Morgan fingerprint density at radius 1 is 0.267 bits per heavy atom. The van der Waals surface area contributed by atoms with Crippen molar-refractivity contribution in [1.82, 2.24) is 0 Å². The van der Waals surface area contributed by atoms with Crippen molar-refractivity contribution >= 4 is 130 Å². The molecule has 0 radical (unpaired) electrons. The van der Waals surface area contributed by atoms with Crippen LogP contribution in [-0.2, 0) is 60.1 Å². The predicted octanol–water partition coefficient (Wildman–Crippen LogP) is 18.2. The molecule has 0 fully saturated rings. The molecule has 0 aromatic heterocycles. The van der Waals surface area contributed by atoms with E-state index in [0.29, 0.717) is 46.2 Å². The minimum absolute atomic E-state index is 0.00670. The third-order valence-electron chi connectivity index (χ3n) is 18.5. The average molecular weight is 2220 g/mol. The van der Waals surface area contributed by atoms with Crippen molar-refractivity contribution in [3.05, 3.63) is 288 Å². The van der Waals surface area contributed by atoms with E-state index < -0.39 is 299 Å². The van der Waals surface area contributed by atoms with Gasteiger partial charge in [0.15, 0.2) is 43.0 Å². The van der Waals surface area contributed by atoms with E-state index in [0.717, 1.165) is 66.0 Å². The first-order valence-electron chi connectivity index (χ1n) is 61.3. The SMILES string of the molecule is [2H]OC(=O)c1cc(N([2H])C([2H])([2H])C([2H])([2H])CC)c(Oc2ccccc2)c(S(=O)(=O)N([2H])[2H])c1.[2H]OC(=O)c1cc(N([2H])C([2H])([2H])CCC)c(Oc2ccccc2)c(S(=O)(=O)N([2H])[2H])c1.[2H]OC(=O)c1cc(N([2H])C([2H])C([2H])([2H])CC)c(Oc2ccccc2)c(S(=O)(=O)N([2H])[2H])c1.[2H]OC(=O)c1cc(N([2H])C([2H])CCC)c(Oc2ccccc2)c(S(=O)(=O)N([2H])[2H])c1.[2H]OC(=O)c1cc(N([2H])CC([2H])([2H])CC)c(Oc2ccccc2)c(S(=O)(=O)N([2H])[2H])c1.[2H]OC(=O)c1cc(N([2H])CCC([2H])([2H])C)c(Oc2ccccc2)c(S(=O)(=O)N([2H])[2H])c1. The van der Waals surface area contributed by atoms with Crippen LogP contribution in [0.5, 0.6) is 69.0 Å². The summed E-state index contributed by atoms with van der Waals surface area (Å²) in [6.07, 6.45) is -7.83. The summed E-state index contributed by atoms with van der Waals surface area (Å²) >= 11 is 0. The molecule has 0 saturated carbocycles. The maximum Gasteiger partial charge on any atom is 0.335 e. The molecule has 0 amide bonds. The first kappa shape index (κ1) is 75.2. The molecule has 0 bridgehead atoms. The number of primary sulfonamides is 6. The lowest BCUT2D eigenvalue weighted by atomic mass is 10.1. The molecule has 0 saturated heterocycles. The normalized spacial score (nSPS) is 15.7. The fraction of sp³-hybridized carbons (Fsp3) is 0.235. The molecular formula is C102H120N12O30S6. The second-order valence-corrected chi connectivity index (χ2v) is 37.9. The largest absolute Gasteiger partial charge is 0.478 e. The first-order valence-corrected chi connectivity index (χ1v) is 52.3. The Bertz CT molecular complexity index is 8890. The molecule has 0 heterocycles. The highest BCUT2D eigenvalue weighted by molar-refractivity contribution is 7.90. The molecule has 2 unspecified atom stereocenters. The molecule has 804 valence electrons. The third-order valence-corrected chi connectivity index (χ3v) is 23.6. The van der Waals surface area contributed by atoms with Crippen molar-refractivity contribution in [3.63, 3.8) is 0 Å². The van der Waals surface area contributed by atoms with Crippen LogP contribution in [0.2, 0.25) is 25.4 Å². The number of hydrogen-bond acceptors (Lipinski definition) is 36. The zero-order valence-corrected chi connectivity index (χ0v) is 84.4. The summed E-state index contributed by atoms with van der Waals surface area (Å²) in [5.74, 6) is -10.2. The smallest absolute Gasteiger partial charge is 0.335 e. The highest BCUT2D eigenvalue weighted by Crippen LogP contribution is 2.45. The zero-order valence-electron chi connectivity index (χ0n) is 118. The van der Waals surface area contributed by atoms with Gasteiger partial charge in [-0.05, 0) is 184 Å². The standard InChI is InChI=1S/6C17H20N2O5S/c6*1-2-3-9-19-14-10-12(17(20)21)11-15(25(18,22)23)16(14)24-13-7-5-4-6-8-13/h6*4-8,10-11,19H,2-3,9H2,1H3,(H,20,21)(H2,18,22,23)/i3D2,9D2;3D2,9D;9D2;9D;3D2;2D2/hD24. The second-order valence-electron chi connectivity index (χ2n) is 29.6. The predicted molar refractivity (Wildman–Crippen MR) is 568 cm³/mol.